The van der Waals surface area contributed by atoms with Crippen molar-refractivity contribution in [1.29, 1.82) is 0 Å². The fraction of sp³-hybridized carbons (Fsp3) is 0.500. The third-order valence-corrected chi connectivity index (χ3v) is 6.50. The zero-order valence-corrected chi connectivity index (χ0v) is 17.0. The molecule has 7 nitrogen and oxygen atoms in total. The first kappa shape index (κ1) is 22.1. The van der Waals surface area contributed by atoms with Crippen molar-refractivity contribution in [3.63, 3.8) is 0 Å². The predicted octanol–water partition coefficient (Wildman–Crippen LogP) is 2.07. The predicted molar refractivity (Wildman–Crippen MR) is 98.1 cm³/mol. The van der Waals surface area contributed by atoms with Crippen molar-refractivity contribution >= 4 is 10.0 Å². The van der Waals surface area contributed by atoms with E-state index in [0.29, 0.717) is 5.56 Å². The molecule has 2 aliphatic rings. The van der Waals surface area contributed by atoms with Crippen LogP contribution in [-0.4, -0.2) is 53.1 Å². The molecule has 3 heterocycles. The molecule has 0 amide bonds. The Morgan fingerprint density at radius 2 is 1.94 bits per heavy atom. The summed E-state index contributed by atoms with van der Waals surface area (Å²) < 4.78 is 99.2. The number of hydrogen-bond acceptors (Lipinski definition) is 6. The first-order valence-corrected chi connectivity index (χ1v) is 11.1. The van der Waals surface area contributed by atoms with E-state index in [0.717, 1.165) is 28.5 Å². The minimum absolute atomic E-state index is 0.0250. The number of fused-ring (bicyclic) bond motifs is 1. The number of hydrogen-bond donors (Lipinski definition) is 1. The van der Waals surface area contributed by atoms with Gasteiger partial charge in [-0.05, 0) is 24.6 Å². The normalized spacial score (nSPS) is 27.5. The second-order valence-electron chi connectivity index (χ2n) is 7.78. The summed E-state index contributed by atoms with van der Waals surface area (Å²) in [5, 5.41) is 3.79. The van der Waals surface area contributed by atoms with E-state index < -0.39 is 52.1 Å². The maximum absolute atomic E-state index is 14.2. The van der Waals surface area contributed by atoms with Crippen LogP contribution in [0.1, 0.15) is 29.3 Å². The SMILES string of the molecule is CS(=O)(=O)n1ncc2c1CN([C@@H]1C[C@H](N)[C@@H](c3cc(F)ccc3F)O[C@H]1C(F)(F)F)C2. The van der Waals surface area contributed by atoms with E-state index >= 15 is 0 Å². The van der Waals surface area contributed by atoms with Crippen molar-refractivity contribution in [3.8, 4) is 0 Å². The van der Waals surface area contributed by atoms with Crippen LogP contribution in [0.15, 0.2) is 24.4 Å². The van der Waals surface area contributed by atoms with Gasteiger partial charge in [-0.1, -0.05) is 0 Å². The summed E-state index contributed by atoms with van der Waals surface area (Å²) in [5.41, 5.74) is 6.43. The number of aromatic nitrogens is 2. The van der Waals surface area contributed by atoms with Crippen LogP contribution in [0.5, 0.6) is 0 Å². The zero-order valence-electron chi connectivity index (χ0n) is 16.2. The van der Waals surface area contributed by atoms with Gasteiger partial charge in [0.05, 0.1) is 18.1 Å². The van der Waals surface area contributed by atoms with E-state index in [4.69, 9.17) is 10.5 Å². The second kappa shape index (κ2) is 7.50. The van der Waals surface area contributed by atoms with Gasteiger partial charge < -0.3 is 10.5 Å². The van der Waals surface area contributed by atoms with Gasteiger partial charge in [0.25, 0.3) is 10.0 Å². The highest BCUT2D eigenvalue weighted by atomic mass is 32.2. The van der Waals surface area contributed by atoms with Crippen LogP contribution < -0.4 is 5.73 Å². The van der Waals surface area contributed by atoms with Crippen LogP contribution in [-0.2, 0) is 27.8 Å². The molecule has 0 unspecified atom stereocenters. The van der Waals surface area contributed by atoms with E-state index in [-0.39, 0.29) is 30.8 Å². The van der Waals surface area contributed by atoms with Gasteiger partial charge in [0.2, 0.25) is 0 Å². The summed E-state index contributed by atoms with van der Waals surface area (Å²) in [7, 11) is -3.72. The average molecular weight is 466 g/mol. The monoisotopic (exact) mass is 466 g/mol. The lowest BCUT2D eigenvalue weighted by atomic mass is 9.89. The van der Waals surface area contributed by atoms with Crippen LogP contribution in [0.3, 0.4) is 0 Å². The summed E-state index contributed by atoms with van der Waals surface area (Å²) in [6, 6.07) is 0.145. The molecule has 31 heavy (non-hydrogen) atoms. The van der Waals surface area contributed by atoms with E-state index in [2.05, 4.69) is 5.10 Å². The Kier molecular flexibility index (Phi) is 5.35. The number of benzene rings is 1. The summed E-state index contributed by atoms with van der Waals surface area (Å²) in [5.74, 6) is -1.73. The van der Waals surface area contributed by atoms with Crippen LogP contribution in [0, 0.1) is 11.6 Å². The average Bonchev–Trinajstić information content (AvgIpc) is 3.22. The van der Waals surface area contributed by atoms with Crippen molar-refractivity contribution in [2.75, 3.05) is 6.26 Å². The molecule has 2 aromatic rings. The number of nitrogens with zero attached hydrogens (tertiary/aromatic N) is 3. The fourth-order valence-corrected chi connectivity index (χ4v) is 5.01. The van der Waals surface area contributed by atoms with Crippen molar-refractivity contribution in [3.05, 3.63) is 52.9 Å². The molecule has 0 radical (unpaired) electrons. The molecule has 0 aliphatic carbocycles. The highest BCUT2D eigenvalue weighted by Crippen LogP contribution is 2.42. The van der Waals surface area contributed by atoms with E-state index in [1.54, 1.807) is 0 Å². The lowest BCUT2D eigenvalue weighted by Crippen LogP contribution is -2.58. The van der Waals surface area contributed by atoms with Gasteiger partial charge >= 0.3 is 6.18 Å². The molecule has 0 bridgehead atoms. The smallest absolute Gasteiger partial charge is 0.357 e. The lowest BCUT2D eigenvalue weighted by molar-refractivity contribution is -0.269. The summed E-state index contributed by atoms with van der Waals surface area (Å²) >= 11 is 0. The maximum Gasteiger partial charge on any atom is 0.416 e. The molecule has 2 N–H and O–H groups in total. The molecule has 0 saturated carbocycles. The summed E-state index contributed by atoms with van der Waals surface area (Å²) in [6.07, 6.45) is -6.61. The number of ether oxygens (including phenoxy) is 1. The Morgan fingerprint density at radius 1 is 1.23 bits per heavy atom. The Balaban J connectivity index is 1.64. The number of rotatable bonds is 3. The highest BCUT2D eigenvalue weighted by Gasteiger charge is 2.54. The third-order valence-electron chi connectivity index (χ3n) is 5.56. The van der Waals surface area contributed by atoms with Crippen molar-refractivity contribution < 1.29 is 35.1 Å². The van der Waals surface area contributed by atoms with E-state index in [1.165, 1.54) is 11.1 Å². The molecular weight excluding hydrogens is 447 g/mol. The molecule has 0 spiro atoms. The van der Waals surface area contributed by atoms with Crippen LogP contribution in [0.4, 0.5) is 22.0 Å². The van der Waals surface area contributed by atoms with E-state index in [9.17, 15) is 30.4 Å². The Hall–Kier alpha value is -2.09. The molecule has 170 valence electrons. The van der Waals surface area contributed by atoms with Gasteiger partial charge in [-0.3, -0.25) is 4.90 Å². The lowest BCUT2D eigenvalue weighted by Gasteiger charge is -2.44. The molecule has 13 heteroatoms. The minimum Gasteiger partial charge on any atom is -0.357 e. The van der Waals surface area contributed by atoms with Crippen molar-refractivity contribution in [2.24, 2.45) is 5.73 Å². The maximum atomic E-state index is 14.2. The second-order valence-corrected chi connectivity index (χ2v) is 9.59. The van der Waals surface area contributed by atoms with Crippen LogP contribution in [0.2, 0.25) is 0 Å². The van der Waals surface area contributed by atoms with Gasteiger partial charge in [0, 0.05) is 36.3 Å². The fourth-order valence-electron chi connectivity index (χ4n) is 4.22. The molecule has 1 aromatic carbocycles. The Labute approximate surface area is 174 Å². The van der Waals surface area contributed by atoms with Crippen LogP contribution >= 0.6 is 0 Å². The Bertz CT molecular complexity index is 1100. The topological polar surface area (TPSA) is 90.5 Å². The number of halogens is 5. The molecular formula is C18H19F5N4O3S. The molecule has 1 saturated heterocycles. The Morgan fingerprint density at radius 3 is 2.58 bits per heavy atom. The van der Waals surface area contributed by atoms with Gasteiger partial charge in [-0.2, -0.15) is 22.4 Å². The quantitative estimate of drug-likeness (QED) is 0.697. The first-order chi connectivity index (χ1) is 14.4. The van der Waals surface area contributed by atoms with Gasteiger partial charge in [-0.15, -0.1) is 0 Å². The molecule has 4 atom stereocenters. The van der Waals surface area contributed by atoms with Crippen molar-refractivity contribution in [1.82, 2.24) is 14.1 Å². The van der Waals surface area contributed by atoms with Crippen LogP contribution in [0.25, 0.3) is 0 Å². The molecule has 2 aliphatic heterocycles. The van der Waals surface area contributed by atoms with E-state index in [1.807, 2.05) is 0 Å². The van der Waals surface area contributed by atoms with Gasteiger partial charge in [-0.25, -0.2) is 17.2 Å². The summed E-state index contributed by atoms with van der Waals surface area (Å²) in [4.78, 5) is 1.42. The minimum atomic E-state index is -4.81. The summed E-state index contributed by atoms with van der Waals surface area (Å²) in [6.45, 7) is -0.0775. The molecule has 1 fully saturated rings. The molecule has 4 rings (SSSR count). The van der Waals surface area contributed by atoms with Gasteiger partial charge in [0.1, 0.15) is 17.7 Å². The third kappa shape index (κ3) is 4.06. The number of alkyl halides is 3. The van der Waals surface area contributed by atoms with Gasteiger partial charge in [0.15, 0.2) is 6.10 Å². The van der Waals surface area contributed by atoms with Crippen molar-refractivity contribution in [2.45, 2.75) is 50.0 Å². The standard InChI is InChI=1S/C18H19F5N4O3S/c1-31(28,29)27-15-8-26(7-9(15)6-25-27)14-5-13(24)16(30-17(14)18(21,22)23)11-4-10(19)2-3-12(11)20/h2-4,6,13-14,16-17H,5,7-8,24H2,1H3/t13-,14+,16+,17+/m0/s1. The molecule has 1 aromatic heterocycles. The highest BCUT2D eigenvalue weighted by molar-refractivity contribution is 7.89. The zero-order chi connectivity index (χ0) is 22.7. The first-order valence-electron chi connectivity index (χ1n) is 9.29. The largest absolute Gasteiger partial charge is 0.416 e. The number of nitrogens with two attached hydrogens (primary N) is 1.